The molecular formula is C12H21N5O2S. The summed E-state index contributed by atoms with van der Waals surface area (Å²) in [7, 11) is 3.68. The fourth-order valence-electron chi connectivity index (χ4n) is 2.13. The van der Waals surface area contributed by atoms with Crippen molar-refractivity contribution in [1.82, 2.24) is 15.2 Å². The smallest absolute Gasteiger partial charge is 0.265 e. The van der Waals surface area contributed by atoms with Crippen molar-refractivity contribution in [3.05, 3.63) is 4.88 Å². The number of nitrogens with two attached hydrogens (primary N) is 1. The van der Waals surface area contributed by atoms with E-state index >= 15 is 0 Å². The molecule has 2 rings (SSSR count). The Balaban J connectivity index is 1.92. The van der Waals surface area contributed by atoms with Gasteiger partial charge in [-0.1, -0.05) is 11.3 Å². The maximum atomic E-state index is 12.2. The Labute approximate surface area is 122 Å². The summed E-state index contributed by atoms with van der Waals surface area (Å²) in [4.78, 5) is 19.0. The van der Waals surface area contributed by atoms with Gasteiger partial charge < -0.3 is 26.0 Å². The fraction of sp³-hybridized carbons (Fsp3) is 0.667. The highest BCUT2D eigenvalue weighted by molar-refractivity contribution is 7.18. The van der Waals surface area contributed by atoms with Crippen molar-refractivity contribution >= 4 is 28.2 Å². The van der Waals surface area contributed by atoms with Gasteiger partial charge >= 0.3 is 0 Å². The summed E-state index contributed by atoms with van der Waals surface area (Å²) < 4.78 is 4.95. The Morgan fingerprint density at radius 1 is 1.65 bits per heavy atom. The highest BCUT2D eigenvalue weighted by Crippen LogP contribution is 2.25. The number of nitrogens with one attached hydrogen (secondary N) is 2. The normalized spacial score (nSPS) is 19.2. The van der Waals surface area contributed by atoms with Gasteiger partial charge in [0.25, 0.3) is 5.91 Å². The number of methoxy groups -OCH3 is 1. The molecule has 1 aromatic rings. The maximum absolute atomic E-state index is 12.2. The van der Waals surface area contributed by atoms with Crippen LogP contribution in [0, 0.1) is 0 Å². The summed E-state index contributed by atoms with van der Waals surface area (Å²) >= 11 is 1.27. The number of carbonyl (C=O) groups excluding carboxylic acids is 1. The average molecular weight is 299 g/mol. The predicted octanol–water partition coefficient (Wildman–Crippen LogP) is 0.218. The molecule has 4 N–H and O–H groups in total. The third-order valence-corrected chi connectivity index (χ3v) is 4.20. The third kappa shape index (κ3) is 3.81. The highest BCUT2D eigenvalue weighted by Gasteiger charge is 2.24. The van der Waals surface area contributed by atoms with Gasteiger partial charge in [-0.3, -0.25) is 4.79 Å². The number of likely N-dealkylation sites (N-methyl/N-ethyl adjacent to an activating group) is 1. The molecule has 2 heterocycles. The lowest BCUT2D eigenvalue weighted by Crippen LogP contribution is -2.36. The van der Waals surface area contributed by atoms with Gasteiger partial charge in [-0.05, 0) is 20.0 Å². The number of nitrogen functional groups attached to an aromatic ring is 1. The molecule has 1 unspecified atom stereocenters. The third-order valence-electron chi connectivity index (χ3n) is 3.17. The molecule has 1 aromatic heterocycles. The summed E-state index contributed by atoms with van der Waals surface area (Å²) in [6, 6.07) is 0.193. The van der Waals surface area contributed by atoms with Gasteiger partial charge in [-0.15, -0.1) is 0 Å². The summed E-state index contributed by atoms with van der Waals surface area (Å²) in [5, 5.41) is 6.73. The topological polar surface area (TPSA) is 92.5 Å². The van der Waals surface area contributed by atoms with Gasteiger partial charge in [0.2, 0.25) is 0 Å². The van der Waals surface area contributed by atoms with Crippen molar-refractivity contribution < 1.29 is 9.53 Å². The predicted molar refractivity (Wildman–Crippen MR) is 80.3 cm³/mol. The zero-order valence-corrected chi connectivity index (χ0v) is 12.6. The molecular weight excluding hydrogens is 278 g/mol. The van der Waals surface area contributed by atoms with Crippen LogP contribution in [-0.2, 0) is 4.74 Å². The molecule has 1 fully saturated rings. The Kier molecular flexibility index (Phi) is 5.16. The first-order valence-corrected chi connectivity index (χ1v) is 7.40. The van der Waals surface area contributed by atoms with Crippen LogP contribution in [0.15, 0.2) is 0 Å². The monoisotopic (exact) mass is 299 g/mol. The first kappa shape index (κ1) is 15.0. The number of nitrogens with zero attached hydrogens (tertiary/aromatic N) is 2. The zero-order valence-electron chi connectivity index (χ0n) is 11.8. The van der Waals surface area contributed by atoms with Crippen LogP contribution >= 0.6 is 11.3 Å². The van der Waals surface area contributed by atoms with E-state index in [0.29, 0.717) is 23.2 Å². The second kappa shape index (κ2) is 6.87. The second-order valence-corrected chi connectivity index (χ2v) is 5.87. The maximum Gasteiger partial charge on any atom is 0.265 e. The summed E-state index contributed by atoms with van der Waals surface area (Å²) in [6.45, 7) is 3.10. The van der Waals surface area contributed by atoms with Crippen LogP contribution in [0.2, 0.25) is 0 Å². The van der Waals surface area contributed by atoms with E-state index < -0.39 is 0 Å². The van der Waals surface area contributed by atoms with Crippen molar-refractivity contribution in [2.24, 2.45) is 0 Å². The Morgan fingerprint density at radius 2 is 2.45 bits per heavy atom. The average Bonchev–Trinajstić information content (AvgIpc) is 2.96. The quantitative estimate of drug-likeness (QED) is 0.651. The standard InChI is InChI=1S/C12H21N5O2S/c1-17-5-3-8(7-17)15-11(18)9-10(13)16-12(20-9)14-4-6-19-2/h8H,3-7,13H2,1-2H3,(H,14,16)(H,15,18). The van der Waals surface area contributed by atoms with Crippen LogP contribution in [0.4, 0.5) is 10.9 Å². The minimum absolute atomic E-state index is 0.139. The molecule has 0 bridgehead atoms. The van der Waals surface area contributed by atoms with E-state index in [4.69, 9.17) is 10.5 Å². The van der Waals surface area contributed by atoms with E-state index in [1.54, 1.807) is 7.11 Å². The number of carbonyl (C=O) groups is 1. The number of ether oxygens (including phenoxy) is 1. The number of likely N-dealkylation sites (tertiary alicyclic amines) is 1. The molecule has 0 saturated carbocycles. The lowest BCUT2D eigenvalue weighted by Gasteiger charge is -2.11. The lowest BCUT2D eigenvalue weighted by molar-refractivity contribution is 0.0943. The van der Waals surface area contributed by atoms with Crippen LogP contribution in [0.5, 0.6) is 0 Å². The molecule has 1 saturated heterocycles. The van der Waals surface area contributed by atoms with E-state index in [1.165, 1.54) is 11.3 Å². The second-order valence-electron chi connectivity index (χ2n) is 4.87. The van der Waals surface area contributed by atoms with E-state index in [0.717, 1.165) is 19.5 Å². The first-order valence-electron chi connectivity index (χ1n) is 6.58. The molecule has 20 heavy (non-hydrogen) atoms. The molecule has 1 amide bonds. The van der Waals surface area contributed by atoms with Gasteiger partial charge in [0.05, 0.1) is 6.61 Å². The van der Waals surface area contributed by atoms with Crippen molar-refractivity contribution in [2.75, 3.05) is 51.4 Å². The number of amides is 1. The molecule has 1 atom stereocenters. The van der Waals surface area contributed by atoms with Crippen molar-refractivity contribution in [3.8, 4) is 0 Å². The number of hydrogen-bond acceptors (Lipinski definition) is 7. The minimum atomic E-state index is -0.139. The first-order chi connectivity index (χ1) is 9.60. The lowest BCUT2D eigenvalue weighted by atomic mass is 10.2. The van der Waals surface area contributed by atoms with Gasteiger partial charge in [-0.25, -0.2) is 4.98 Å². The zero-order chi connectivity index (χ0) is 14.5. The fourth-order valence-corrected chi connectivity index (χ4v) is 2.95. The molecule has 1 aliphatic heterocycles. The Bertz CT molecular complexity index is 465. The van der Waals surface area contributed by atoms with Gasteiger partial charge in [-0.2, -0.15) is 0 Å². The van der Waals surface area contributed by atoms with Crippen molar-refractivity contribution in [2.45, 2.75) is 12.5 Å². The van der Waals surface area contributed by atoms with E-state index in [1.807, 2.05) is 7.05 Å². The van der Waals surface area contributed by atoms with Crippen LogP contribution in [0.25, 0.3) is 0 Å². The van der Waals surface area contributed by atoms with Crippen LogP contribution in [0.3, 0.4) is 0 Å². The van der Waals surface area contributed by atoms with Crippen LogP contribution in [0.1, 0.15) is 16.1 Å². The molecule has 0 aromatic carbocycles. The SMILES string of the molecule is COCCNc1nc(N)c(C(=O)NC2CCN(C)C2)s1. The summed E-state index contributed by atoms with van der Waals surface area (Å²) in [5.41, 5.74) is 5.80. The number of hydrogen-bond donors (Lipinski definition) is 3. The molecule has 0 aliphatic carbocycles. The largest absolute Gasteiger partial charge is 0.383 e. The molecule has 0 radical (unpaired) electrons. The number of thiazole rings is 1. The van der Waals surface area contributed by atoms with E-state index in [2.05, 4.69) is 20.5 Å². The van der Waals surface area contributed by atoms with E-state index in [-0.39, 0.29) is 17.8 Å². The summed E-state index contributed by atoms with van der Waals surface area (Å²) in [6.07, 6.45) is 0.972. The molecule has 112 valence electrons. The van der Waals surface area contributed by atoms with Crippen LogP contribution < -0.4 is 16.4 Å². The number of rotatable bonds is 6. The molecule has 8 heteroatoms. The molecule has 7 nitrogen and oxygen atoms in total. The van der Waals surface area contributed by atoms with Crippen molar-refractivity contribution in [3.63, 3.8) is 0 Å². The molecule has 1 aliphatic rings. The number of aromatic nitrogens is 1. The van der Waals surface area contributed by atoms with Crippen molar-refractivity contribution in [1.29, 1.82) is 0 Å². The highest BCUT2D eigenvalue weighted by atomic mass is 32.1. The number of anilines is 2. The molecule has 0 spiro atoms. The van der Waals surface area contributed by atoms with Crippen LogP contribution in [-0.4, -0.2) is 62.2 Å². The minimum Gasteiger partial charge on any atom is -0.383 e. The Morgan fingerprint density at radius 3 is 3.10 bits per heavy atom. The van der Waals surface area contributed by atoms with Gasteiger partial charge in [0.1, 0.15) is 10.7 Å². The Hall–Kier alpha value is -1.38. The van der Waals surface area contributed by atoms with E-state index in [9.17, 15) is 4.79 Å². The van der Waals surface area contributed by atoms with Gasteiger partial charge in [0, 0.05) is 26.2 Å². The summed E-state index contributed by atoms with van der Waals surface area (Å²) in [5.74, 6) is 0.138. The van der Waals surface area contributed by atoms with Gasteiger partial charge in [0.15, 0.2) is 5.13 Å².